The number of aliphatic carboxylic acids is 1. The second-order valence-electron chi connectivity index (χ2n) is 7.02. The van der Waals surface area contributed by atoms with E-state index in [4.69, 9.17) is 5.11 Å². The third-order valence-electron chi connectivity index (χ3n) is 5.47. The second kappa shape index (κ2) is 7.86. The van der Waals surface area contributed by atoms with Gasteiger partial charge in [0.25, 0.3) is 0 Å². The lowest BCUT2D eigenvalue weighted by molar-refractivity contribution is -0.139. The number of aromatic nitrogens is 2. The molecule has 0 radical (unpaired) electrons. The molecule has 1 aromatic heterocycles. The Morgan fingerprint density at radius 2 is 2.12 bits per heavy atom. The molecule has 0 spiro atoms. The van der Waals surface area contributed by atoms with E-state index in [1.54, 1.807) is 0 Å². The van der Waals surface area contributed by atoms with Crippen LogP contribution in [0.4, 0.5) is 4.79 Å². The Kier molecular flexibility index (Phi) is 5.57. The second-order valence-corrected chi connectivity index (χ2v) is 7.02. The van der Waals surface area contributed by atoms with Crippen LogP contribution in [0, 0.1) is 0 Å². The van der Waals surface area contributed by atoms with Crippen LogP contribution in [0.15, 0.2) is 12.4 Å². The molecule has 2 fully saturated rings. The zero-order valence-corrected chi connectivity index (χ0v) is 14.6. The lowest BCUT2D eigenvalue weighted by Crippen LogP contribution is -2.57. The summed E-state index contributed by atoms with van der Waals surface area (Å²) in [6, 6.07) is 0.431. The first-order valence-corrected chi connectivity index (χ1v) is 9.06. The van der Waals surface area contributed by atoms with Crippen LogP contribution in [0.1, 0.15) is 44.1 Å². The monoisotopic (exact) mass is 349 g/mol. The summed E-state index contributed by atoms with van der Waals surface area (Å²) in [5, 5.41) is 18.9. The number of carbonyl (C=O) groups excluding carboxylic acids is 1. The molecule has 2 heterocycles. The van der Waals surface area contributed by atoms with Crippen LogP contribution in [0.5, 0.6) is 0 Å². The number of H-pyrrole nitrogens is 1. The normalized spacial score (nSPS) is 24.2. The number of amides is 2. The number of nitrogens with one attached hydrogen (secondary N) is 2. The van der Waals surface area contributed by atoms with E-state index in [2.05, 4.69) is 15.5 Å². The molecule has 2 amide bonds. The molecule has 0 atom stereocenters. The third-order valence-corrected chi connectivity index (χ3v) is 5.47. The van der Waals surface area contributed by atoms with Crippen LogP contribution < -0.4 is 5.32 Å². The molecule has 0 unspecified atom stereocenters. The highest BCUT2D eigenvalue weighted by Gasteiger charge is 2.35. The highest BCUT2D eigenvalue weighted by Crippen LogP contribution is 2.28. The molecular weight excluding hydrogens is 322 g/mol. The number of nitrogens with zero attached hydrogens (tertiary/aromatic N) is 3. The summed E-state index contributed by atoms with van der Waals surface area (Å²) in [6.07, 6.45) is 7.39. The van der Waals surface area contributed by atoms with Gasteiger partial charge in [-0.1, -0.05) is 6.92 Å². The first-order chi connectivity index (χ1) is 12.1. The van der Waals surface area contributed by atoms with Crippen molar-refractivity contribution in [2.75, 3.05) is 26.2 Å². The first-order valence-electron chi connectivity index (χ1n) is 9.06. The lowest BCUT2D eigenvalue weighted by Gasteiger charge is -2.43. The minimum absolute atomic E-state index is 0.00961. The maximum Gasteiger partial charge on any atom is 0.317 e. The van der Waals surface area contributed by atoms with Gasteiger partial charge in [-0.2, -0.15) is 5.10 Å². The van der Waals surface area contributed by atoms with Gasteiger partial charge < -0.3 is 15.3 Å². The number of likely N-dealkylation sites (tertiary alicyclic amines) is 1. The molecule has 0 aromatic carbocycles. The number of carboxylic acid groups (broad SMARTS) is 1. The fraction of sp³-hybridized carbons (Fsp3) is 0.706. The molecule has 3 rings (SSSR count). The first kappa shape index (κ1) is 17.7. The van der Waals surface area contributed by atoms with E-state index in [0.717, 1.165) is 45.3 Å². The molecule has 1 saturated carbocycles. The van der Waals surface area contributed by atoms with Gasteiger partial charge in [-0.25, -0.2) is 4.79 Å². The van der Waals surface area contributed by atoms with Crippen LogP contribution in [0.25, 0.3) is 0 Å². The number of hydrogen-bond donors (Lipinski definition) is 3. The molecule has 25 heavy (non-hydrogen) atoms. The molecule has 0 bridgehead atoms. The summed E-state index contributed by atoms with van der Waals surface area (Å²) in [6.45, 7) is 4.29. The van der Waals surface area contributed by atoms with Crippen LogP contribution in [-0.2, 0) is 4.79 Å². The van der Waals surface area contributed by atoms with Gasteiger partial charge in [0.1, 0.15) is 0 Å². The van der Waals surface area contributed by atoms with Crippen LogP contribution >= 0.6 is 0 Å². The minimum Gasteiger partial charge on any atom is -0.480 e. The fourth-order valence-electron chi connectivity index (χ4n) is 3.84. The van der Waals surface area contributed by atoms with Gasteiger partial charge in [-0.3, -0.25) is 14.8 Å². The number of aromatic amines is 1. The van der Waals surface area contributed by atoms with Crippen LogP contribution in [-0.4, -0.2) is 75.4 Å². The number of rotatable bonds is 6. The van der Waals surface area contributed by atoms with Gasteiger partial charge in [-0.15, -0.1) is 0 Å². The maximum absolute atomic E-state index is 12.4. The predicted molar refractivity (Wildman–Crippen MR) is 92.4 cm³/mol. The van der Waals surface area contributed by atoms with E-state index in [1.807, 2.05) is 29.1 Å². The van der Waals surface area contributed by atoms with E-state index in [9.17, 15) is 9.59 Å². The maximum atomic E-state index is 12.4. The van der Waals surface area contributed by atoms with Crippen molar-refractivity contribution in [2.24, 2.45) is 0 Å². The summed E-state index contributed by atoms with van der Waals surface area (Å²) in [7, 11) is 0. The number of carbonyl (C=O) groups is 2. The van der Waals surface area contributed by atoms with Gasteiger partial charge in [0.15, 0.2) is 0 Å². The van der Waals surface area contributed by atoms with E-state index >= 15 is 0 Å². The average Bonchev–Trinajstić information content (AvgIpc) is 3.10. The van der Waals surface area contributed by atoms with Crippen molar-refractivity contribution in [1.29, 1.82) is 0 Å². The van der Waals surface area contributed by atoms with Gasteiger partial charge in [0, 0.05) is 31.4 Å². The van der Waals surface area contributed by atoms with Gasteiger partial charge in [0.05, 0.1) is 12.7 Å². The molecule has 1 aliphatic heterocycles. The fourth-order valence-corrected chi connectivity index (χ4v) is 3.84. The Balaban J connectivity index is 1.39. The van der Waals surface area contributed by atoms with Crippen molar-refractivity contribution < 1.29 is 14.7 Å². The van der Waals surface area contributed by atoms with Gasteiger partial charge in [-0.05, 0) is 43.7 Å². The summed E-state index contributed by atoms with van der Waals surface area (Å²) in [4.78, 5) is 27.1. The molecular formula is C17H27N5O3. The summed E-state index contributed by atoms with van der Waals surface area (Å²) < 4.78 is 0. The number of hydrogen-bond acceptors (Lipinski definition) is 4. The number of likely N-dealkylation sites (N-methyl/N-ethyl adjacent to an activating group) is 1. The van der Waals surface area contributed by atoms with E-state index in [1.165, 1.54) is 5.56 Å². The summed E-state index contributed by atoms with van der Waals surface area (Å²) in [5.41, 5.74) is 1.22. The molecule has 8 heteroatoms. The molecule has 3 N–H and O–H groups in total. The molecule has 138 valence electrons. The molecule has 1 aromatic rings. The van der Waals surface area contributed by atoms with Crippen LogP contribution in [0.2, 0.25) is 0 Å². The number of urea groups is 1. The molecule has 1 saturated heterocycles. The van der Waals surface area contributed by atoms with Gasteiger partial charge in [0.2, 0.25) is 0 Å². The Morgan fingerprint density at radius 1 is 1.40 bits per heavy atom. The SMILES string of the molecule is CCN(CC(=O)O)C1CC(NC(=O)N2CCC(c3cn[nH]c3)CC2)C1. The number of piperidine rings is 1. The molecule has 8 nitrogen and oxygen atoms in total. The Morgan fingerprint density at radius 3 is 2.68 bits per heavy atom. The minimum atomic E-state index is -0.796. The highest BCUT2D eigenvalue weighted by molar-refractivity contribution is 5.74. The van der Waals surface area contributed by atoms with Gasteiger partial charge >= 0.3 is 12.0 Å². The van der Waals surface area contributed by atoms with Crippen LogP contribution in [0.3, 0.4) is 0 Å². The zero-order chi connectivity index (χ0) is 17.8. The zero-order valence-electron chi connectivity index (χ0n) is 14.6. The molecule has 2 aliphatic rings. The van der Waals surface area contributed by atoms with E-state index in [0.29, 0.717) is 5.92 Å². The number of carboxylic acids is 1. The average molecular weight is 349 g/mol. The Hall–Kier alpha value is -2.09. The Bertz CT molecular complexity index is 577. The quantitative estimate of drug-likeness (QED) is 0.717. The largest absolute Gasteiger partial charge is 0.480 e. The standard InChI is InChI=1S/C17H27N5O3/c1-2-21(11-16(23)24)15-7-14(8-15)20-17(25)22-5-3-12(4-6-22)13-9-18-19-10-13/h9-10,12,14-15H,2-8,11H2,1H3,(H,18,19)(H,20,25)(H,23,24). The molecule has 1 aliphatic carbocycles. The van der Waals surface area contributed by atoms with Crippen molar-refractivity contribution in [3.05, 3.63) is 18.0 Å². The van der Waals surface area contributed by atoms with Crippen molar-refractivity contribution in [3.8, 4) is 0 Å². The van der Waals surface area contributed by atoms with Crippen molar-refractivity contribution in [1.82, 2.24) is 25.3 Å². The van der Waals surface area contributed by atoms with Crippen molar-refractivity contribution in [3.63, 3.8) is 0 Å². The third kappa shape index (κ3) is 4.31. The topological polar surface area (TPSA) is 102 Å². The Labute approximate surface area is 147 Å². The van der Waals surface area contributed by atoms with E-state index in [-0.39, 0.29) is 24.7 Å². The summed E-state index contributed by atoms with van der Waals surface area (Å²) in [5.74, 6) is -0.320. The lowest BCUT2D eigenvalue weighted by atomic mass is 9.85. The van der Waals surface area contributed by atoms with E-state index < -0.39 is 5.97 Å². The predicted octanol–water partition coefficient (Wildman–Crippen LogP) is 1.24. The summed E-state index contributed by atoms with van der Waals surface area (Å²) >= 11 is 0. The van der Waals surface area contributed by atoms with Crippen molar-refractivity contribution in [2.45, 2.75) is 50.6 Å². The smallest absolute Gasteiger partial charge is 0.317 e. The van der Waals surface area contributed by atoms with Crippen molar-refractivity contribution >= 4 is 12.0 Å². The highest BCUT2D eigenvalue weighted by atomic mass is 16.4.